The van der Waals surface area contributed by atoms with Crippen LogP contribution in [0.4, 0.5) is 5.69 Å². The third-order valence-corrected chi connectivity index (χ3v) is 5.76. The van der Waals surface area contributed by atoms with E-state index in [1.165, 1.54) is 6.42 Å². The SMILES string of the molecule is CC(C)CC(NC(=O)c1cccc(N2CCCCC2)c1)C(=O)NC1C(=O)COC1C. The van der Waals surface area contributed by atoms with Gasteiger partial charge in [-0.2, -0.15) is 0 Å². The molecule has 1 aromatic carbocycles. The van der Waals surface area contributed by atoms with E-state index >= 15 is 0 Å². The number of ketones is 1. The molecule has 3 atom stereocenters. The number of nitrogens with zero attached hydrogens (tertiary/aromatic N) is 1. The van der Waals surface area contributed by atoms with Gasteiger partial charge in [0.2, 0.25) is 5.91 Å². The van der Waals surface area contributed by atoms with Crippen LogP contribution in [0.15, 0.2) is 24.3 Å². The van der Waals surface area contributed by atoms with E-state index in [0.717, 1.165) is 31.6 Å². The Morgan fingerprint density at radius 1 is 1.20 bits per heavy atom. The number of carbonyl (C=O) groups is 3. The van der Waals surface area contributed by atoms with Crippen LogP contribution in [0.5, 0.6) is 0 Å². The fraction of sp³-hybridized carbons (Fsp3) is 0.609. The van der Waals surface area contributed by atoms with Crippen LogP contribution >= 0.6 is 0 Å². The maximum Gasteiger partial charge on any atom is 0.252 e. The minimum atomic E-state index is -0.711. The molecule has 7 nitrogen and oxygen atoms in total. The number of rotatable bonds is 7. The van der Waals surface area contributed by atoms with Crippen LogP contribution in [0, 0.1) is 5.92 Å². The van der Waals surface area contributed by atoms with Gasteiger partial charge in [0.1, 0.15) is 18.7 Å². The number of piperidine rings is 1. The van der Waals surface area contributed by atoms with Gasteiger partial charge in [0, 0.05) is 24.3 Å². The maximum absolute atomic E-state index is 12.9. The Bertz CT molecular complexity index is 773. The van der Waals surface area contributed by atoms with E-state index in [1.54, 1.807) is 13.0 Å². The molecule has 2 fully saturated rings. The summed E-state index contributed by atoms with van der Waals surface area (Å²) in [6.07, 6.45) is 3.69. The van der Waals surface area contributed by atoms with Crippen molar-refractivity contribution >= 4 is 23.3 Å². The first kappa shape index (κ1) is 22.3. The molecule has 0 spiro atoms. The van der Waals surface area contributed by atoms with Crippen LogP contribution in [0.2, 0.25) is 0 Å². The van der Waals surface area contributed by atoms with Crippen LogP contribution in [0.25, 0.3) is 0 Å². The Hall–Kier alpha value is -2.41. The Kier molecular flexibility index (Phi) is 7.48. The van der Waals surface area contributed by atoms with Gasteiger partial charge >= 0.3 is 0 Å². The lowest BCUT2D eigenvalue weighted by Crippen LogP contribution is -2.53. The number of nitrogens with one attached hydrogen (secondary N) is 2. The molecule has 3 unspecified atom stereocenters. The molecule has 2 aliphatic heterocycles. The normalized spacial score (nSPS) is 22.8. The second-order valence-electron chi connectivity index (χ2n) is 8.72. The van der Waals surface area contributed by atoms with E-state index in [2.05, 4.69) is 15.5 Å². The first-order chi connectivity index (χ1) is 14.3. The average molecular weight is 416 g/mol. The highest BCUT2D eigenvalue weighted by molar-refractivity contribution is 5.99. The highest BCUT2D eigenvalue weighted by Gasteiger charge is 2.35. The van der Waals surface area contributed by atoms with Crippen molar-refractivity contribution in [2.24, 2.45) is 5.92 Å². The van der Waals surface area contributed by atoms with Crippen molar-refractivity contribution in [2.75, 3.05) is 24.6 Å². The van der Waals surface area contributed by atoms with E-state index in [0.29, 0.717) is 12.0 Å². The lowest BCUT2D eigenvalue weighted by molar-refractivity contribution is -0.127. The van der Waals surface area contributed by atoms with Gasteiger partial charge in [-0.1, -0.05) is 19.9 Å². The lowest BCUT2D eigenvalue weighted by atomic mass is 10.0. The molecule has 2 amide bonds. The van der Waals surface area contributed by atoms with Crippen molar-refractivity contribution in [1.82, 2.24) is 10.6 Å². The average Bonchev–Trinajstić information content (AvgIpc) is 3.05. The third-order valence-electron chi connectivity index (χ3n) is 5.76. The summed E-state index contributed by atoms with van der Waals surface area (Å²) < 4.78 is 5.30. The van der Waals surface area contributed by atoms with Crippen molar-refractivity contribution in [3.8, 4) is 0 Å². The summed E-state index contributed by atoms with van der Waals surface area (Å²) in [6, 6.07) is 6.19. The quantitative estimate of drug-likeness (QED) is 0.713. The molecule has 30 heavy (non-hydrogen) atoms. The summed E-state index contributed by atoms with van der Waals surface area (Å²) in [4.78, 5) is 40.1. The molecule has 2 saturated heterocycles. The number of Topliss-reactive ketones (excluding diaryl/α,β-unsaturated/α-hetero) is 1. The standard InChI is InChI=1S/C23H33N3O4/c1-15(2)12-19(23(29)25-21-16(3)30-14-20(21)27)24-22(28)17-8-7-9-18(13-17)26-10-5-4-6-11-26/h7-9,13,15-16,19,21H,4-6,10-12,14H2,1-3H3,(H,24,28)(H,25,29). The summed E-state index contributed by atoms with van der Waals surface area (Å²) in [7, 11) is 0. The predicted molar refractivity (Wildman–Crippen MR) is 116 cm³/mol. The van der Waals surface area contributed by atoms with Crippen molar-refractivity contribution in [3.63, 3.8) is 0 Å². The molecular formula is C23H33N3O4. The van der Waals surface area contributed by atoms with Gasteiger partial charge in [0.25, 0.3) is 5.91 Å². The zero-order chi connectivity index (χ0) is 21.7. The second-order valence-corrected chi connectivity index (χ2v) is 8.72. The monoisotopic (exact) mass is 415 g/mol. The summed E-state index contributed by atoms with van der Waals surface area (Å²) in [5.74, 6) is -0.565. The van der Waals surface area contributed by atoms with E-state index in [-0.39, 0.29) is 36.2 Å². The number of carbonyl (C=O) groups excluding carboxylic acids is 3. The number of amides is 2. The van der Waals surface area contributed by atoms with Gasteiger partial charge in [0.15, 0.2) is 5.78 Å². The zero-order valence-corrected chi connectivity index (χ0v) is 18.1. The van der Waals surface area contributed by atoms with Crippen LogP contribution in [-0.2, 0) is 14.3 Å². The summed E-state index contributed by atoms with van der Waals surface area (Å²) in [5.41, 5.74) is 1.57. The molecule has 0 aliphatic carbocycles. The Balaban J connectivity index is 1.69. The van der Waals surface area contributed by atoms with Gasteiger partial charge in [-0.3, -0.25) is 14.4 Å². The molecule has 0 saturated carbocycles. The largest absolute Gasteiger partial charge is 0.372 e. The number of hydrogen-bond acceptors (Lipinski definition) is 5. The maximum atomic E-state index is 12.9. The van der Waals surface area contributed by atoms with Crippen molar-refractivity contribution in [2.45, 2.75) is 64.6 Å². The van der Waals surface area contributed by atoms with Gasteiger partial charge in [0.05, 0.1) is 6.10 Å². The van der Waals surface area contributed by atoms with Gasteiger partial charge in [-0.15, -0.1) is 0 Å². The topological polar surface area (TPSA) is 87.7 Å². The Morgan fingerprint density at radius 3 is 2.57 bits per heavy atom. The third kappa shape index (κ3) is 5.59. The molecule has 3 rings (SSSR count). The summed E-state index contributed by atoms with van der Waals surface area (Å²) >= 11 is 0. The number of anilines is 1. The second kappa shape index (κ2) is 10.1. The number of hydrogen-bond donors (Lipinski definition) is 2. The molecule has 2 N–H and O–H groups in total. The van der Waals surface area contributed by atoms with Crippen LogP contribution in [0.1, 0.15) is 56.8 Å². The lowest BCUT2D eigenvalue weighted by Gasteiger charge is -2.29. The van der Waals surface area contributed by atoms with Crippen LogP contribution in [0.3, 0.4) is 0 Å². The van der Waals surface area contributed by atoms with Crippen molar-refractivity contribution in [3.05, 3.63) is 29.8 Å². The fourth-order valence-corrected chi connectivity index (χ4v) is 4.05. The molecule has 0 aromatic heterocycles. The van der Waals surface area contributed by atoms with Crippen molar-refractivity contribution < 1.29 is 19.1 Å². The predicted octanol–water partition coefficient (Wildman–Crippen LogP) is 2.29. The molecule has 0 bridgehead atoms. The first-order valence-corrected chi connectivity index (χ1v) is 11.0. The highest BCUT2D eigenvalue weighted by Crippen LogP contribution is 2.21. The molecule has 2 aliphatic rings. The van der Waals surface area contributed by atoms with E-state index in [9.17, 15) is 14.4 Å². The summed E-state index contributed by atoms with van der Waals surface area (Å²) in [6.45, 7) is 7.76. The molecule has 2 heterocycles. The minimum Gasteiger partial charge on any atom is -0.372 e. The van der Waals surface area contributed by atoms with E-state index in [4.69, 9.17) is 4.74 Å². The molecule has 1 aromatic rings. The number of ether oxygens (including phenoxy) is 1. The molecular weight excluding hydrogens is 382 g/mol. The summed E-state index contributed by atoms with van der Waals surface area (Å²) in [5, 5.41) is 5.64. The van der Waals surface area contributed by atoms with Crippen molar-refractivity contribution in [1.29, 1.82) is 0 Å². The molecule has 164 valence electrons. The minimum absolute atomic E-state index is 0.0105. The smallest absolute Gasteiger partial charge is 0.252 e. The van der Waals surface area contributed by atoms with Gasteiger partial charge in [-0.05, 0) is 56.7 Å². The van der Waals surface area contributed by atoms with Gasteiger partial charge in [-0.25, -0.2) is 0 Å². The molecule has 0 radical (unpaired) electrons. The van der Waals surface area contributed by atoms with Crippen LogP contribution in [-0.4, -0.2) is 55.5 Å². The fourth-order valence-electron chi connectivity index (χ4n) is 4.05. The zero-order valence-electron chi connectivity index (χ0n) is 18.1. The first-order valence-electron chi connectivity index (χ1n) is 11.0. The molecule has 7 heteroatoms. The van der Waals surface area contributed by atoms with E-state index < -0.39 is 12.1 Å². The van der Waals surface area contributed by atoms with E-state index in [1.807, 2.05) is 32.0 Å². The van der Waals surface area contributed by atoms with Crippen LogP contribution < -0.4 is 15.5 Å². The highest BCUT2D eigenvalue weighted by atomic mass is 16.5. The Morgan fingerprint density at radius 2 is 1.93 bits per heavy atom. The number of benzene rings is 1. The van der Waals surface area contributed by atoms with Gasteiger partial charge < -0.3 is 20.3 Å². The Labute approximate surface area is 178 Å².